The molecule has 2 aromatic carbocycles. The molecule has 2 heterocycles. The van der Waals surface area contributed by atoms with Crippen molar-refractivity contribution in [1.82, 2.24) is 14.9 Å². The molecule has 6 heteroatoms. The third-order valence-corrected chi connectivity index (χ3v) is 6.96. The Morgan fingerprint density at radius 3 is 2.70 bits per heavy atom. The number of aryl methyl sites for hydroxylation is 2. The first-order valence-corrected chi connectivity index (χ1v) is 12.1. The van der Waals surface area contributed by atoms with Crippen LogP contribution in [-0.4, -0.2) is 27.5 Å². The molecule has 33 heavy (non-hydrogen) atoms. The zero-order chi connectivity index (χ0) is 22.8. The van der Waals surface area contributed by atoms with E-state index in [4.69, 9.17) is 11.6 Å². The lowest BCUT2D eigenvalue weighted by Crippen LogP contribution is -2.40. The van der Waals surface area contributed by atoms with Crippen molar-refractivity contribution in [1.29, 1.82) is 0 Å². The van der Waals surface area contributed by atoms with Crippen LogP contribution in [0.2, 0.25) is 5.02 Å². The molecule has 1 aliphatic carbocycles. The zero-order valence-electron chi connectivity index (χ0n) is 18.9. The Morgan fingerprint density at radius 2 is 1.85 bits per heavy atom. The van der Waals surface area contributed by atoms with E-state index in [2.05, 4.69) is 57.6 Å². The normalized spacial score (nSPS) is 18.5. The maximum Gasteiger partial charge on any atom is 0.222 e. The quantitative estimate of drug-likeness (QED) is 0.366. The van der Waals surface area contributed by atoms with E-state index in [1.807, 2.05) is 30.5 Å². The second kappa shape index (κ2) is 9.44. The van der Waals surface area contributed by atoms with Gasteiger partial charge in [-0.1, -0.05) is 29.8 Å². The fourth-order valence-electron chi connectivity index (χ4n) is 4.99. The highest BCUT2D eigenvalue weighted by Crippen LogP contribution is 2.28. The second-order valence-corrected chi connectivity index (χ2v) is 9.49. The number of para-hydroxylation sites is 1. The number of nitrogens with one attached hydrogen (secondary N) is 2. The summed E-state index contributed by atoms with van der Waals surface area (Å²) in [5, 5.41) is 9.99. The second-order valence-electron chi connectivity index (χ2n) is 9.05. The van der Waals surface area contributed by atoms with Gasteiger partial charge in [-0.25, -0.2) is 0 Å². The summed E-state index contributed by atoms with van der Waals surface area (Å²) in [7, 11) is 0. The van der Waals surface area contributed by atoms with Gasteiger partial charge in [0.1, 0.15) is 0 Å². The molecule has 170 valence electrons. The molecule has 1 aliphatic rings. The molecule has 1 fully saturated rings. The minimum Gasteiger partial charge on any atom is -0.382 e. The van der Waals surface area contributed by atoms with E-state index < -0.39 is 0 Å². The van der Waals surface area contributed by atoms with E-state index >= 15 is 0 Å². The molecule has 0 spiro atoms. The summed E-state index contributed by atoms with van der Waals surface area (Å²) in [6.07, 6.45) is 8.51. The van der Waals surface area contributed by atoms with E-state index in [0.717, 1.165) is 42.3 Å². The molecule has 0 aliphatic heterocycles. The van der Waals surface area contributed by atoms with Crippen LogP contribution < -0.4 is 10.6 Å². The highest BCUT2D eigenvalue weighted by Gasteiger charge is 2.23. The number of aromatic nitrogens is 2. The summed E-state index contributed by atoms with van der Waals surface area (Å²) in [6.45, 7) is 2.82. The highest BCUT2D eigenvalue weighted by atomic mass is 35.5. The number of hydrogen-bond acceptors (Lipinski definition) is 3. The van der Waals surface area contributed by atoms with Crippen LogP contribution >= 0.6 is 11.6 Å². The topological polar surface area (TPSA) is 59.0 Å². The minimum atomic E-state index is 0.138. The number of carbonyl (C=O) groups is 1. The summed E-state index contributed by atoms with van der Waals surface area (Å²) in [4.78, 5) is 17.0. The van der Waals surface area contributed by atoms with Crippen LogP contribution in [0.4, 0.5) is 5.69 Å². The number of nitrogens with zero attached hydrogens (tertiary/aromatic N) is 2. The maximum atomic E-state index is 12.6. The summed E-state index contributed by atoms with van der Waals surface area (Å²) >= 11 is 6.11. The van der Waals surface area contributed by atoms with Crippen molar-refractivity contribution in [2.45, 2.75) is 57.7 Å². The number of halogens is 1. The van der Waals surface area contributed by atoms with Gasteiger partial charge in [0.2, 0.25) is 5.91 Å². The number of hydrogen-bond donors (Lipinski definition) is 2. The van der Waals surface area contributed by atoms with E-state index in [9.17, 15) is 4.79 Å². The summed E-state index contributed by atoms with van der Waals surface area (Å²) < 4.78 is 2.19. The van der Waals surface area contributed by atoms with Gasteiger partial charge >= 0.3 is 0 Å². The van der Waals surface area contributed by atoms with Gasteiger partial charge in [0.15, 0.2) is 0 Å². The van der Waals surface area contributed by atoms with Crippen LogP contribution in [0.5, 0.6) is 0 Å². The largest absolute Gasteiger partial charge is 0.382 e. The third-order valence-electron chi connectivity index (χ3n) is 6.72. The van der Waals surface area contributed by atoms with Crippen LogP contribution in [0.1, 0.15) is 37.7 Å². The Balaban J connectivity index is 1.12. The van der Waals surface area contributed by atoms with Crippen LogP contribution in [0.15, 0.2) is 60.9 Å². The fourth-order valence-corrected chi connectivity index (χ4v) is 5.15. The molecule has 2 aromatic heterocycles. The average molecular weight is 461 g/mol. The minimum absolute atomic E-state index is 0.138. The summed E-state index contributed by atoms with van der Waals surface area (Å²) in [5.41, 5.74) is 4.44. The standard InChI is InChI=1S/C27H29ClN4O/c1-18-17-32(26-5-3-2-4-22(18)26)15-13-27(33)31-21-9-7-20(8-10-21)30-24-12-14-29-25-16-19(28)6-11-23(24)25/h2-6,11-12,14,16-17,20-21H,7-10,13,15H2,1H3,(H,29,30)(H,31,33). The van der Waals surface area contributed by atoms with Crippen molar-refractivity contribution in [2.24, 2.45) is 0 Å². The van der Waals surface area contributed by atoms with Gasteiger partial charge in [-0.15, -0.1) is 0 Å². The number of amides is 1. The molecule has 0 radical (unpaired) electrons. The predicted octanol–water partition coefficient (Wildman–Crippen LogP) is 6.08. The fraction of sp³-hybridized carbons (Fsp3) is 0.333. The molecule has 1 amide bonds. The first-order valence-electron chi connectivity index (χ1n) is 11.7. The van der Waals surface area contributed by atoms with Gasteiger partial charge in [0.05, 0.1) is 5.52 Å². The lowest BCUT2D eigenvalue weighted by Gasteiger charge is -2.30. The van der Waals surface area contributed by atoms with Gasteiger partial charge in [-0.05, 0) is 68.5 Å². The molecule has 0 unspecified atom stereocenters. The van der Waals surface area contributed by atoms with Gasteiger partial charge in [0.25, 0.3) is 0 Å². The van der Waals surface area contributed by atoms with E-state index in [1.54, 1.807) is 0 Å². The van der Waals surface area contributed by atoms with Crippen molar-refractivity contribution in [2.75, 3.05) is 5.32 Å². The van der Waals surface area contributed by atoms with Crippen molar-refractivity contribution in [3.8, 4) is 0 Å². The van der Waals surface area contributed by atoms with E-state index in [1.165, 1.54) is 16.5 Å². The van der Waals surface area contributed by atoms with Crippen molar-refractivity contribution < 1.29 is 4.79 Å². The van der Waals surface area contributed by atoms with Crippen molar-refractivity contribution >= 4 is 45.0 Å². The molecule has 0 bridgehead atoms. The lowest BCUT2D eigenvalue weighted by molar-refractivity contribution is -0.122. The monoisotopic (exact) mass is 460 g/mol. The number of rotatable bonds is 6. The third kappa shape index (κ3) is 4.83. The smallest absolute Gasteiger partial charge is 0.222 e. The Kier molecular flexibility index (Phi) is 6.23. The predicted molar refractivity (Wildman–Crippen MR) is 136 cm³/mol. The molecule has 2 N–H and O–H groups in total. The van der Waals surface area contributed by atoms with Crippen LogP contribution in [-0.2, 0) is 11.3 Å². The Hall–Kier alpha value is -3.05. The molecule has 0 atom stereocenters. The molecule has 5 nitrogen and oxygen atoms in total. The zero-order valence-corrected chi connectivity index (χ0v) is 19.6. The SMILES string of the molecule is Cc1cn(CCC(=O)NC2CCC(Nc3ccnc4cc(Cl)ccc34)CC2)c2ccccc12. The number of carbonyl (C=O) groups excluding carboxylic acids is 1. The van der Waals surface area contributed by atoms with Crippen molar-refractivity contribution in [3.63, 3.8) is 0 Å². The maximum absolute atomic E-state index is 12.6. The van der Waals surface area contributed by atoms with Gasteiger partial charge in [0, 0.05) is 64.4 Å². The Labute approximate surface area is 199 Å². The van der Waals surface area contributed by atoms with Gasteiger partial charge in [-0.2, -0.15) is 0 Å². The number of fused-ring (bicyclic) bond motifs is 2. The molecule has 0 saturated heterocycles. The lowest BCUT2D eigenvalue weighted by atomic mass is 9.90. The van der Waals surface area contributed by atoms with Crippen LogP contribution in [0.25, 0.3) is 21.8 Å². The van der Waals surface area contributed by atoms with Crippen LogP contribution in [0.3, 0.4) is 0 Å². The van der Waals surface area contributed by atoms with Gasteiger partial charge < -0.3 is 15.2 Å². The van der Waals surface area contributed by atoms with E-state index in [0.29, 0.717) is 24.0 Å². The molecular weight excluding hydrogens is 432 g/mol. The van der Waals surface area contributed by atoms with Crippen molar-refractivity contribution in [3.05, 3.63) is 71.5 Å². The average Bonchev–Trinajstić information content (AvgIpc) is 3.15. The molecule has 5 rings (SSSR count). The Bertz CT molecular complexity index is 1290. The number of benzene rings is 2. The molecule has 4 aromatic rings. The summed E-state index contributed by atoms with van der Waals surface area (Å²) in [5.74, 6) is 0.138. The molecule has 1 saturated carbocycles. The number of pyridine rings is 1. The number of anilines is 1. The first kappa shape index (κ1) is 21.8. The summed E-state index contributed by atoms with van der Waals surface area (Å²) in [6, 6.07) is 16.9. The molecular formula is C27H29ClN4O. The van der Waals surface area contributed by atoms with E-state index in [-0.39, 0.29) is 11.9 Å². The van der Waals surface area contributed by atoms with Crippen LogP contribution in [0, 0.1) is 6.92 Å². The van der Waals surface area contributed by atoms with Gasteiger partial charge in [-0.3, -0.25) is 9.78 Å². The highest BCUT2D eigenvalue weighted by molar-refractivity contribution is 6.31. The Morgan fingerprint density at radius 1 is 1.06 bits per heavy atom. The first-order chi connectivity index (χ1) is 16.1.